The molecule has 21 heavy (non-hydrogen) atoms. The van der Waals surface area contributed by atoms with Gasteiger partial charge in [-0.3, -0.25) is 4.79 Å². The van der Waals surface area contributed by atoms with Crippen molar-refractivity contribution in [1.29, 1.82) is 0 Å². The zero-order valence-corrected chi connectivity index (χ0v) is 13.2. The second kappa shape index (κ2) is 8.74. The molecule has 1 aromatic rings. The predicted octanol–water partition coefficient (Wildman–Crippen LogP) is 1.61. The van der Waals surface area contributed by atoms with Gasteiger partial charge in [0.25, 0.3) is 5.91 Å². The molecule has 6 heteroatoms. The number of carbonyl (C=O) groups is 1. The Balaban J connectivity index is 0.00000220. The smallest absolute Gasteiger partial charge is 0.258 e. The van der Waals surface area contributed by atoms with Gasteiger partial charge in [0.15, 0.2) is 18.1 Å². The first kappa shape index (κ1) is 17.6. The van der Waals surface area contributed by atoms with E-state index < -0.39 is 0 Å². The van der Waals surface area contributed by atoms with Crippen molar-refractivity contribution >= 4 is 18.3 Å². The van der Waals surface area contributed by atoms with Crippen molar-refractivity contribution in [3.05, 3.63) is 24.3 Å². The van der Waals surface area contributed by atoms with Crippen LogP contribution in [0.25, 0.3) is 0 Å². The van der Waals surface area contributed by atoms with Gasteiger partial charge in [0.05, 0.1) is 7.11 Å². The fourth-order valence-corrected chi connectivity index (χ4v) is 2.31. The SMILES string of the molecule is COc1ccccc1OCC(=O)NC1CNCCC1C.Cl. The molecule has 118 valence electrons. The number of para-hydroxylation sites is 2. The number of ether oxygens (including phenoxy) is 2. The van der Waals surface area contributed by atoms with Crippen LogP contribution in [0.5, 0.6) is 11.5 Å². The third kappa shape index (κ3) is 5.10. The molecule has 5 nitrogen and oxygen atoms in total. The van der Waals surface area contributed by atoms with Crippen LogP contribution < -0.4 is 20.1 Å². The number of carbonyl (C=O) groups excluding carboxylic acids is 1. The molecule has 2 rings (SSSR count). The lowest BCUT2D eigenvalue weighted by molar-refractivity contribution is -0.124. The average molecular weight is 315 g/mol. The van der Waals surface area contributed by atoms with Gasteiger partial charge in [-0.25, -0.2) is 0 Å². The molecule has 0 bridgehead atoms. The number of methoxy groups -OCH3 is 1. The highest BCUT2D eigenvalue weighted by Crippen LogP contribution is 2.25. The zero-order chi connectivity index (χ0) is 14.4. The number of nitrogens with one attached hydrogen (secondary N) is 2. The number of benzene rings is 1. The molecule has 1 aliphatic rings. The Hall–Kier alpha value is -1.46. The van der Waals surface area contributed by atoms with Crippen molar-refractivity contribution in [3.8, 4) is 11.5 Å². The quantitative estimate of drug-likeness (QED) is 0.867. The molecule has 2 N–H and O–H groups in total. The Morgan fingerprint density at radius 3 is 2.76 bits per heavy atom. The monoisotopic (exact) mass is 314 g/mol. The molecule has 0 saturated carbocycles. The van der Waals surface area contributed by atoms with E-state index in [-0.39, 0.29) is 31.0 Å². The Bertz CT molecular complexity index is 456. The van der Waals surface area contributed by atoms with Crippen LogP contribution in [0.1, 0.15) is 13.3 Å². The van der Waals surface area contributed by atoms with Gasteiger partial charge in [-0.2, -0.15) is 0 Å². The van der Waals surface area contributed by atoms with E-state index in [1.807, 2.05) is 12.1 Å². The average Bonchev–Trinajstić information content (AvgIpc) is 2.48. The Morgan fingerprint density at radius 1 is 1.38 bits per heavy atom. The van der Waals surface area contributed by atoms with Crippen molar-refractivity contribution in [1.82, 2.24) is 10.6 Å². The molecular weight excluding hydrogens is 292 g/mol. The van der Waals surface area contributed by atoms with Crippen LogP contribution in [0.15, 0.2) is 24.3 Å². The van der Waals surface area contributed by atoms with E-state index in [4.69, 9.17) is 9.47 Å². The van der Waals surface area contributed by atoms with Crippen LogP contribution >= 0.6 is 12.4 Å². The first-order valence-electron chi connectivity index (χ1n) is 6.96. The van der Waals surface area contributed by atoms with Gasteiger partial charge < -0.3 is 20.1 Å². The van der Waals surface area contributed by atoms with E-state index in [0.29, 0.717) is 17.4 Å². The van der Waals surface area contributed by atoms with Crippen molar-refractivity contribution < 1.29 is 14.3 Å². The molecule has 0 radical (unpaired) electrons. The molecule has 1 aromatic carbocycles. The number of rotatable bonds is 5. The molecule has 1 amide bonds. The van der Waals surface area contributed by atoms with Gasteiger partial charge in [-0.1, -0.05) is 19.1 Å². The molecule has 0 aromatic heterocycles. The normalized spacial score (nSPS) is 21.0. The molecule has 1 fully saturated rings. The van der Waals surface area contributed by atoms with Crippen molar-refractivity contribution in [2.75, 3.05) is 26.8 Å². The fourth-order valence-electron chi connectivity index (χ4n) is 2.31. The van der Waals surface area contributed by atoms with E-state index >= 15 is 0 Å². The topological polar surface area (TPSA) is 59.6 Å². The van der Waals surface area contributed by atoms with Crippen molar-refractivity contribution in [2.45, 2.75) is 19.4 Å². The van der Waals surface area contributed by atoms with Crippen LogP contribution in [0.3, 0.4) is 0 Å². The number of amides is 1. The van der Waals surface area contributed by atoms with Crippen LogP contribution in [-0.4, -0.2) is 38.8 Å². The van der Waals surface area contributed by atoms with Gasteiger partial charge in [0.2, 0.25) is 0 Å². The minimum atomic E-state index is -0.101. The second-order valence-electron chi connectivity index (χ2n) is 5.08. The number of piperidine rings is 1. The summed E-state index contributed by atoms with van der Waals surface area (Å²) in [5, 5.41) is 6.30. The summed E-state index contributed by atoms with van der Waals surface area (Å²) in [7, 11) is 1.58. The molecule has 1 aliphatic heterocycles. The van der Waals surface area contributed by atoms with Gasteiger partial charge in [-0.05, 0) is 31.0 Å². The van der Waals surface area contributed by atoms with Crippen LogP contribution in [0, 0.1) is 5.92 Å². The fraction of sp³-hybridized carbons (Fsp3) is 0.533. The van der Waals surface area contributed by atoms with Crippen molar-refractivity contribution in [3.63, 3.8) is 0 Å². The van der Waals surface area contributed by atoms with Crippen LogP contribution in [-0.2, 0) is 4.79 Å². The highest BCUT2D eigenvalue weighted by atomic mass is 35.5. The molecule has 2 unspecified atom stereocenters. The number of hydrogen-bond donors (Lipinski definition) is 2. The summed E-state index contributed by atoms with van der Waals surface area (Å²) in [4.78, 5) is 11.9. The highest BCUT2D eigenvalue weighted by molar-refractivity contribution is 5.85. The summed E-state index contributed by atoms with van der Waals surface area (Å²) >= 11 is 0. The van der Waals surface area contributed by atoms with Crippen LogP contribution in [0.2, 0.25) is 0 Å². The summed E-state index contributed by atoms with van der Waals surface area (Å²) in [6.07, 6.45) is 1.08. The molecule has 1 saturated heterocycles. The summed E-state index contributed by atoms with van der Waals surface area (Å²) in [5.74, 6) is 1.61. The number of hydrogen-bond acceptors (Lipinski definition) is 4. The summed E-state index contributed by atoms with van der Waals surface area (Å²) in [5.41, 5.74) is 0. The first-order valence-corrected chi connectivity index (χ1v) is 6.96. The summed E-state index contributed by atoms with van der Waals surface area (Å²) in [6.45, 7) is 4.00. The van der Waals surface area contributed by atoms with E-state index in [1.165, 1.54) is 0 Å². The molecule has 0 spiro atoms. The summed E-state index contributed by atoms with van der Waals surface area (Å²) < 4.78 is 10.7. The van der Waals surface area contributed by atoms with E-state index in [9.17, 15) is 4.79 Å². The second-order valence-corrected chi connectivity index (χ2v) is 5.08. The maximum atomic E-state index is 11.9. The molecule has 0 aliphatic carbocycles. The molecule has 1 heterocycles. The minimum Gasteiger partial charge on any atom is -0.493 e. The molecular formula is C15H23ClN2O3. The highest BCUT2D eigenvalue weighted by Gasteiger charge is 2.22. The van der Waals surface area contributed by atoms with Gasteiger partial charge >= 0.3 is 0 Å². The third-order valence-corrected chi connectivity index (χ3v) is 3.60. The standard InChI is InChI=1S/C15H22N2O3.ClH/c1-11-7-8-16-9-12(11)17-15(18)10-20-14-6-4-3-5-13(14)19-2;/h3-6,11-12,16H,7-10H2,1-2H3,(H,17,18);1H. The third-order valence-electron chi connectivity index (χ3n) is 3.60. The van der Waals surface area contributed by atoms with Crippen LogP contribution in [0.4, 0.5) is 0 Å². The predicted molar refractivity (Wildman–Crippen MR) is 84.3 cm³/mol. The van der Waals surface area contributed by atoms with Gasteiger partial charge in [0, 0.05) is 12.6 Å². The lowest BCUT2D eigenvalue weighted by Gasteiger charge is -2.30. The zero-order valence-electron chi connectivity index (χ0n) is 12.4. The Labute approximate surface area is 131 Å². The number of halogens is 1. The molecule has 2 atom stereocenters. The van der Waals surface area contributed by atoms with Crippen molar-refractivity contribution in [2.24, 2.45) is 5.92 Å². The first-order chi connectivity index (χ1) is 9.70. The lowest BCUT2D eigenvalue weighted by Crippen LogP contribution is -2.51. The Morgan fingerprint density at radius 2 is 2.10 bits per heavy atom. The summed E-state index contributed by atoms with van der Waals surface area (Å²) in [6, 6.07) is 7.49. The van der Waals surface area contributed by atoms with E-state index in [0.717, 1.165) is 19.5 Å². The van der Waals surface area contributed by atoms with E-state index in [2.05, 4.69) is 17.6 Å². The van der Waals surface area contributed by atoms with Gasteiger partial charge in [-0.15, -0.1) is 12.4 Å². The lowest BCUT2D eigenvalue weighted by atomic mass is 9.95. The largest absolute Gasteiger partial charge is 0.493 e. The Kier molecular flexibility index (Phi) is 7.32. The minimum absolute atomic E-state index is 0. The van der Waals surface area contributed by atoms with Gasteiger partial charge in [0.1, 0.15) is 0 Å². The van der Waals surface area contributed by atoms with E-state index in [1.54, 1.807) is 19.2 Å². The maximum Gasteiger partial charge on any atom is 0.258 e. The maximum absolute atomic E-state index is 11.9.